The fourth-order valence-electron chi connectivity index (χ4n) is 6.63. The average molecular weight is 424 g/mol. The lowest BCUT2D eigenvalue weighted by Gasteiger charge is -2.57. The third-order valence-electron chi connectivity index (χ3n) is 6.89. The zero-order chi connectivity index (χ0) is 22.7. The van der Waals surface area contributed by atoms with Gasteiger partial charge in [-0.25, -0.2) is 10.2 Å². The highest BCUT2D eigenvalue weighted by Gasteiger charge is 2.58. The maximum atomic E-state index is 13.6. The second-order valence-corrected chi connectivity index (χ2v) is 11.5. The van der Waals surface area contributed by atoms with Crippen molar-refractivity contribution in [1.82, 2.24) is 5.43 Å². The molecule has 0 aromatic heterocycles. The number of fused-ring (bicyclic) bond motifs is 3. The molecule has 0 radical (unpaired) electrons. The largest absolute Gasteiger partial charge is 0.385 e. The molecule has 2 atom stereocenters. The van der Waals surface area contributed by atoms with Crippen molar-refractivity contribution in [3.63, 3.8) is 0 Å². The van der Waals surface area contributed by atoms with Crippen LogP contribution < -0.4 is 10.7 Å². The Hall–Kier alpha value is -2.47. The van der Waals surface area contributed by atoms with E-state index in [0.29, 0.717) is 36.2 Å². The number of carbonyl (C=O) groups excluding carboxylic acids is 2. The number of rotatable bonds is 2. The molecule has 1 fully saturated rings. The van der Waals surface area contributed by atoms with E-state index in [4.69, 9.17) is 0 Å². The minimum absolute atomic E-state index is 0.00579. The van der Waals surface area contributed by atoms with Gasteiger partial charge in [-0.2, -0.15) is 5.10 Å². The number of hydrazone groups is 1. The molecule has 31 heavy (non-hydrogen) atoms. The maximum Gasteiger partial charge on any atom is 0.339 e. The summed E-state index contributed by atoms with van der Waals surface area (Å²) < 4.78 is 0. The number of nitrogens with one attached hydrogen (secondary N) is 2. The molecule has 4 rings (SSSR count). The Morgan fingerprint density at radius 2 is 1.68 bits per heavy atom. The lowest BCUT2D eigenvalue weighted by Crippen LogP contribution is -2.56. The number of benzene rings is 1. The molecule has 166 valence electrons. The van der Waals surface area contributed by atoms with Crippen LogP contribution in [0.3, 0.4) is 0 Å². The number of ketones is 1. The van der Waals surface area contributed by atoms with E-state index in [9.17, 15) is 14.7 Å². The van der Waals surface area contributed by atoms with E-state index < -0.39 is 17.0 Å². The van der Waals surface area contributed by atoms with Crippen LogP contribution in [0, 0.1) is 16.2 Å². The van der Waals surface area contributed by atoms with Crippen molar-refractivity contribution in [3.8, 4) is 0 Å². The average Bonchev–Trinajstić information content (AvgIpc) is 2.57. The number of hydrogen-bond acceptors (Lipinski definition) is 4. The van der Waals surface area contributed by atoms with Gasteiger partial charge in [0.1, 0.15) is 5.71 Å². The molecule has 3 N–H and O–H groups in total. The Balaban J connectivity index is 1.63. The number of urea groups is 1. The van der Waals surface area contributed by atoms with Gasteiger partial charge < -0.3 is 10.4 Å². The van der Waals surface area contributed by atoms with Crippen molar-refractivity contribution >= 4 is 23.2 Å². The van der Waals surface area contributed by atoms with Crippen LogP contribution >= 0.6 is 0 Å². The summed E-state index contributed by atoms with van der Waals surface area (Å²) in [7, 11) is 0. The number of aliphatic hydroxyl groups is 1. The van der Waals surface area contributed by atoms with E-state index in [2.05, 4.69) is 36.6 Å². The van der Waals surface area contributed by atoms with Crippen LogP contribution in [-0.2, 0) is 4.79 Å². The minimum Gasteiger partial charge on any atom is -0.385 e. The Bertz CT molecular complexity index is 993. The van der Waals surface area contributed by atoms with Crippen LogP contribution in [-0.4, -0.2) is 28.2 Å². The molecule has 0 spiro atoms. The smallest absolute Gasteiger partial charge is 0.339 e. The number of para-hydroxylation sites is 1. The molecule has 0 unspecified atom stereocenters. The monoisotopic (exact) mass is 423 g/mol. The second kappa shape index (κ2) is 7.02. The van der Waals surface area contributed by atoms with Crippen LogP contribution in [0.2, 0.25) is 0 Å². The molecule has 2 amide bonds. The van der Waals surface area contributed by atoms with Gasteiger partial charge in [0.25, 0.3) is 0 Å². The number of anilines is 1. The number of Topliss-reactive ketones (excluding diaryl/α,β-unsaturated/α-hetero) is 1. The molecular formula is C25H33N3O3. The van der Waals surface area contributed by atoms with E-state index in [0.717, 1.165) is 18.4 Å². The Kier molecular flexibility index (Phi) is 4.93. The fourth-order valence-corrected chi connectivity index (χ4v) is 6.63. The second-order valence-electron chi connectivity index (χ2n) is 11.5. The summed E-state index contributed by atoms with van der Waals surface area (Å²) in [6.45, 7) is 10.5. The molecular weight excluding hydrogens is 390 g/mol. The summed E-state index contributed by atoms with van der Waals surface area (Å²) in [4.78, 5) is 26.0. The number of nitrogens with zero attached hydrogens (tertiary/aromatic N) is 1. The fraction of sp³-hybridized carbons (Fsp3) is 0.560. The van der Waals surface area contributed by atoms with Crippen LogP contribution in [0.5, 0.6) is 0 Å². The van der Waals surface area contributed by atoms with Gasteiger partial charge in [0.2, 0.25) is 5.78 Å². The number of carbonyl (C=O) groups is 2. The standard InChI is InChI=1S/C25H33N3O3/c1-22(2)13-24(5)12-16-11-23(3,4)20(19(29)18(16)25(31,14-22)15-24)27-28-21(30)26-17-9-7-6-8-10-17/h6-10,31H,11-15H2,1-5H3,(H2,26,28,30)/t24-,25-/m1/s1. The van der Waals surface area contributed by atoms with Gasteiger partial charge in [0, 0.05) is 16.7 Å². The first kappa shape index (κ1) is 21.8. The minimum atomic E-state index is -1.13. The van der Waals surface area contributed by atoms with Gasteiger partial charge in [0.05, 0.1) is 5.60 Å². The maximum absolute atomic E-state index is 13.6. The predicted octanol–water partition coefficient (Wildman–Crippen LogP) is 4.81. The first-order chi connectivity index (χ1) is 14.3. The Labute approximate surface area is 184 Å². The number of hydrogen-bond donors (Lipinski definition) is 3. The molecule has 0 saturated heterocycles. The van der Waals surface area contributed by atoms with E-state index in [1.54, 1.807) is 12.1 Å². The molecule has 6 heteroatoms. The highest BCUT2D eigenvalue weighted by atomic mass is 16.3. The lowest BCUT2D eigenvalue weighted by molar-refractivity contribution is -0.119. The molecule has 1 aromatic carbocycles. The Morgan fingerprint density at radius 1 is 1.00 bits per heavy atom. The van der Waals surface area contributed by atoms with Crippen molar-refractivity contribution in [2.75, 3.05) is 5.32 Å². The van der Waals surface area contributed by atoms with Crippen LogP contribution in [0.4, 0.5) is 10.5 Å². The van der Waals surface area contributed by atoms with Gasteiger partial charge in [-0.15, -0.1) is 0 Å². The summed E-state index contributed by atoms with van der Waals surface area (Å²) in [6.07, 6.45) is 3.70. The van der Waals surface area contributed by atoms with Gasteiger partial charge in [-0.1, -0.05) is 58.4 Å². The molecule has 2 bridgehead atoms. The normalized spacial score (nSPS) is 32.5. The third-order valence-corrected chi connectivity index (χ3v) is 6.89. The topological polar surface area (TPSA) is 90.8 Å². The molecule has 1 saturated carbocycles. The molecule has 0 heterocycles. The number of amides is 2. The quantitative estimate of drug-likeness (QED) is 0.596. The molecule has 3 aliphatic carbocycles. The SMILES string of the molecule is CC1(C)C[C@@]2(C)CC3=C(C(=O)C(=NNC(=O)Nc4ccccc4)C(C)(C)C3)[C@@](O)(C1)C2. The van der Waals surface area contributed by atoms with Gasteiger partial charge >= 0.3 is 6.03 Å². The van der Waals surface area contributed by atoms with E-state index >= 15 is 0 Å². The van der Waals surface area contributed by atoms with E-state index in [1.165, 1.54) is 0 Å². The van der Waals surface area contributed by atoms with Gasteiger partial charge in [-0.3, -0.25) is 4.79 Å². The highest BCUT2D eigenvalue weighted by molar-refractivity contribution is 6.48. The number of allylic oxidation sites excluding steroid dienone is 1. The highest BCUT2D eigenvalue weighted by Crippen LogP contribution is 2.61. The summed E-state index contributed by atoms with van der Waals surface area (Å²) in [5.41, 5.74) is 3.32. The molecule has 1 aromatic rings. The van der Waals surface area contributed by atoms with E-state index in [-0.39, 0.29) is 16.6 Å². The van der Waals surface area contributed by atoms with Crippen molar-refractivity contribution in [1.29, 1.82) is 0 Å². The van der Waals surface area contributed by atoms with Crippen molar-refractivity contribution in [2.45, 2.75) is 72.3 Å². The summed E-state index contributed by atoms with van der Waals surface area (Å²) >= 11 is 0. The summed E-state index contributed by atoms with van der Waals surface area (Å²) in [5.74, 6) is -0.228. The predicted molar refractivity (Wildman–Crippen MR) is 122 cm³/mol. The molecule has 0 aliphatic heterocycles. The molecule has 6 nitrogen and oxygen atoms in total. The van der Waals surface area contributed by atoms with Crippen molar-refractivity contribution in [3.05, 3.63) is 41.5 Å². The van der Waals surface area contributed by atoms with Crippen molar-refractivity contribution in [2.24, 2.45) is 21.3 Å². The summed E-state index contributed by atoms with van der Waals surface area (Å²) in [5, 5.41) is 18.7. The van der Waals surface area contributed by atoms with E-state index in [1.807, 2.05) is 32.0 Å². The third kappa shape index (κ3) is 4.05. The first-order valence-electron chi connectivity index (χ1n) is 11.0. The van der Waals surface area contributed by atoms with Crippen LogP contribution in [0.1, 0.15) is 66.7 Å². The molecule has 3 aliphatic rings. The van der Waals surface area contributed by atoms with Crippen LogP contribution in [0.15, 0.2) is 46.6 Å². The van der Waals surface area contributed by atoms with Gasteiger partial charge in [0.15, 0.2) is 0 Å². The van der Waals surface area contributed by atoms with Crippen molar-refractivity contribution < 1.29 is 14.7 Å². The lowest BCUT2D eigenvalue weighted by atomic mass is 9.49. The van der Waals surface area contributed by atoms with Gasteiger partial charge in [-0.05, 0) is 55.1 Å². The zero-order valence-electron chi connectivity index (χ0n) is 19.1. The Morgan fingerprint density at radius 3 is 2.35 bits per heavy atom. The zero-order valence-corrected chi connectivity index (χ0v) is 19.1. The first-order valence-corrected chi connectivity index (χ1v) is 11.0. The van der Waals surface area contributed by atoms with Crippen LogP contribution in [0.25, 0.3) is 0 Å². The summed E-state index contributed by atoms with van der Waals surface area (Å²) in [6, 6.07) is 8.57.